The lowest BCUT2D eigenvalue weighted by Crippen LogP contribution is -2.35. The summed E-state index contributed by atoms with van der Waals surface area (Å²) in [5, 5.41) is 9.52. The molecule has 0 bridgehead atoms. The van der Waals surface area contributed by atoms with Gasteiger partial charge in [0.25, 0.3) is 0 Å². The van der Waals surface area contributed by atoms with Crippen molar-refractivity contribution in [1.82, 2.24) is 4.98 Å². The number of carboxylic acids is 1. The first-order valence-corrected chi connectivity index (χ1v) is 5.82. The van der Waals surface area contributed by atoms with E-state index in [0.29, 0.717) is 6.42 Å². The van der Waals surface area contributed by atoms with E-state index in [9.17, 15) is 9.90 Å². The van der Waals surface area contributed by atoms with Crippen LogP contribution in [0.2, 0.25) is 0 Å². The van der Waals surface area contributed by atoms with Gasteiger partial charge in [0.1, 0.15) is 0 Å². The Morgan fingerprint density at radius 2 is 1.83 bits per heavy atom. The number of aliphatic carboxylic acids is 1. The van der Waals surface area contributed by atoms with E-state index in [1.807, 2.05) is 48.5 Å². The molecule has 0 aliphatic rings. The smallest absolute Gasteiger partial charge is 0.314 e. The van der Waals surface area contributed by atoms with Crippen molar-refractivity contribution in [1.29, 1.82) is 0 Å². The molecule has 1 aromatic heterocycles. The Morgan fingerprint density at radius 1 is 1.17 bits per heavy atom. The molecule has 1 unspecified atom stereocenters. The summed E-state index contributed by atoms with van der Waals surface area (Å²) >= 11 is 0. The van der Waals surface area contributed by atoms with Crippen molar-refractivity contribution >= 4 is 5.97 Å². The lowest BCUT2D eigenvalue weighted by molar-refractivity contribution is -0.143. The molecule has 0 aliphatic carbocycles. The van der Waals surface area contributed by atoms with Crippen molar-refractivity contribution < 1.29 is 9.90 Å². The van der Waals surface area contributed by atoms with Gasteiger partial charge in [-0.15, -0.1) is 0 Å². The molecule has 1 N–H and O–H groups in total. The van der Waals surface area contributed by atoms with Gasteiger partial charge in [-0.05, 0) is 24.6 Å². The van der Waals surface area contributed by atoms with Crippen molar-refractivity contribution in [3.05, 3.63) is 66.0 Å². The van der Waals surface area contributed by atoms with Crippen LogP contribution in [-0.2, 0) is 16.6 Å². The minimum atomic E-state index is -0.949. The summed E-state index contributed by atoms with van der Waals surface area (Å²) in [4.78, 5) is 15.8. The van der Waals surface area contributed by atoms with Gasteiger partial charge in [-0.1, -0.05) is 36.4 Å². The SMILES string of the molecule is CC(Cc1ccccn1)(C(=O)O)c1ccccc1. The molecule has 2 aromatic rings. The van der Waals surface area contributed by atoms with Gasteiger partial charge in [0, 0.05) is 18.3 Å². The minimum Gasteiger partial charge on any atom is -0.481 e. The molecule has 92 valence electrons. The summed E-state index contributed by atoms with van der Waals surface area (Å²) in [6.45, 7) is 1.74. The lowest BCUT2D eigenvalue weighted by atomic mass is 9.78. The molecule has 2 rings (SSSR count). The monoisotopic (exact) mass is 241 g/mol. The zero-order valence-corrected chi connectivity index (χ0v) is 10.2. The van der Waals surface area contributed by atoms with Gasteiger partial charge in [0.2, 0.25) is 0 Å². The third-order valence-corrected chi connectivity index (χ3v) is 3.14. The van der Waals surface area contributed by atoms with E-state index in [1.165, 1.54) is 0 Å². The number of carbonyl (C=O) groups is 1. The summed E-state index contributed by atoms with van der Waals surface area (Å²) in [5.74, 6) is -0.834. The molecule has 0 fully saturated rings. The molecule has 1 heterocycles. The average Bonchev–Trinajstić information content (AvgIpc) is 2.40. The van der Waals surface area contributed by atoms with Crippen molar-refractivity contribution in [2.75, 3.05) is 0 Å². The second kappa shape index (κ2) is 5.00. The molecule has 0 amide bonds. The Labute approximate surface area is 106 Å². The Morgan fingerprint density at radius 3 is 2.39 bits per heavy atom. The molecule has 0 saturated heterocycles. The van der Waals surface area contributed by atoms with E-state index < -0.39 is 11.4 Å². The number of pyridine rings is 1. The predicted molar refractivity (Wildman–Crippen MR) is 69.4 cm³/mol. The first kappa shape index (κ1) is 12.3. The van der Waals surface area contributed by atoms with E-state index in [2.05, 4.69) is 4.98 Å². The quantitative estimate of drug-likeness (QED) is 0.895. The van der Waals surface area contributed by atoms with Crippen molar-refractivity contribution in [2.24, 2.45) is 0 Å². The molecule has 1 atom stereocenters. The van der Waals surface area contributed by atoms with Crippen molar-refractivity contribution in [2.45, 2.75) is 18.8 Å². The van der Waals surface area contributed by atoms with Crippen LogP contribution in [0.5, 0.6) is 0 Å². The molecule has 18 heavy (non-hydrogen) atoms. The Balaban J connectivity index is 2.37. The second-order valence-corrected chi connectivity index (χ2v) is 4.50. The number of hydrogen-bond acceptors (Lipinski definition) is 2. The summed E-state index contributed by atoms with van der Waals surface area (Å²) in [6.07, 6.45) is 2.07. The van der Waals surface area contributed by atoms with Crippen molar-refractivity contribution in [3.8, 4) is 0 Å². The molecule has 0 radical (unpaired) electrons. The van der Waals surface area contributed by atoms with E-state index in [-0.39, 0.29) is 0 Å². The lowest BCUT2D eigenvalue weighted by Gasteiger charge is -2.25. The Hall–Kier alpha value is -2.16. The fourth-order valence-electron chi connectivity index (χ4n) is 1.97. The van der Waals surface area contributed by atoms with Crippen LogP contribution in [0.1, 0.15) is 18.2 Å². The van der Waals surface area contributed by atoms with Crippen LogP contribution < -0.4 is 0 Å². The molecule has 0 saturated carbocycles. The summed E-state index contributed by atoms with van der Waals surface area (Å²) in [5.41, 5.74) is 0.629. The highest BCUT2D eigenvalue weighted by molar-refractivity contribution is 5.81. The number of carboxylic acid groups (broad SMARTS) is 1. The Kier molecular flexibility index (Phi) is 3.42. The van der Waals surface area contributed by atoms with Gasteiger partial charge < -0.3 is 5.11 Å². The van der Waals surface area contributed by atoms with Crippen LogP contribution in [0.3, 0.4) is 0 Å². The molecular formula is C15H15NO2. The molecular weight excluding hydrogens is 226 g/mol. The molecule has 3 heteroatoms. The summed E-state index contributed by atoms with van der Waals surface area (Å²) < 4.78 is 0. The maximum atomic E-state index is 11.6. The zero-order valence-electron chi connectivity index (χ0n) is 10.2. The predicted octanol–water partition coefficient (Wildman–Crippen LogP) is 2.67. The molecule has 0 aliphatic heterocycles. The zero-order chi connectivity index (χ0) is 13.0. The first-order chi connectivity index (χ1) is 8.63. The van der Waals surface area contributed by atoms with E-state index >= 15 is 0 Å². The highest BCUT2D eigenvalue weighted by atomic mass is 16.4. The third-order valence-electron chi connectivity index (χ3n) is 3.14. The summed E-state index contributed by atoms with van der Waals surface area (Å²) in [7, 11) is 0. The van der Waals surface area contributed by atoms with Crippen LogP contribution >= 0.6 is 0 Å². The van der Waals surface area contributed by atoms with Crippen LogP contribution in [0, 0.1) is 0 Å². The fourth-order valence-corrected chi connectivity index (χ4v) is 1.97. The highest BCUT2D eigenvalue weighted by Gasteiger charge is 2.35. The third kappa shape index (κ3) is 2.40. The van der Waals surface area contributed by atoms with Gasteiger partial charge in [0.15, 0.2) is 0 Å². The number of hydrogen-bond donors (Lipinski definition) is 1. The summed E-state index contributed by atoms with van der Waals surface area (Å²) in [6, 6.07) is 14.8. The number of aromatic nitrogens is 1. The maximum Gasteiger partial charge on any atom is 0.314 e. The van der Waals surface area contributed by atoms with Gasteiger partial charge in [-0.25, -0.2) is 0 Å². The maximum absolute atomic E-state index is 11.6. The number of rotatable bonds is 4. The van der Waals surface area contributed by atoms with Crippen LogP contribution in [0.25, 0.3) is 0 Å². The van der Waals surface area contributed by atoms with Gasteiger partial charge in [0.05, 0.1) is 5.41 Å². The van der Waals surface area contributed by atoms with Crippen molar-refractivity contribution in [3.63, 3.8) is 0 Å². The van der Waals surface area contributed by atoms with Gasteiger partial charge >= 0.3 is 5.97 Å². The van der Waals surface area contributed by atoms with E-state index in [4.69, 9.17) is 0 Å². The second-order valence-electron chi connectivity index (χ2n) is 4.50. The van der Waals surface area contributed by atoms with Gasteiger partial charge in [-0.3, -0.25) is 9.78 Å². The van der Waals surface area contributed by atoms with E-state index in [0.717, 1.165) is 11.3 Å². The number of nitrogens with zero attached hydrogens (tertiary/aromatic N) is 1. The Bertz CT molecular complexity index is 525. The molecule has 0 spiro atoms. The van der Waals surface area contributed by atoms with Crippen LogP contribution in [-0.4, -0.2) is 16.1 Å². The van der Waals surface area contributed by atoms with E-state index in [1.54, 1.807) is 13.1 Å². The number of benzene rings is 1. The minimum absolute atomic E-state index is 0.382. The first-order valence-electron chi connectivity index (χ1n) is 5.82. The fraction of sp³-hybridized carbons (Fsp3) is 0.200. The van der Waals surface area contributed by atoms with Gasteiger partial charge in [-0.2, -0.15) is 0 Å². The average molecular weight is 241 g/mol. The standard InChI is InChI=1S/C15H15NO2/c1-15(14(17)18,12-7-3-2-4-8-12)11-13-9-5-6-10-16-13/h2-10H,11H2,1H3,(H,17,18). The molecule has 3 nitrogen and oxygen atoms in total. The molecule has 1 aromatic carbocycles. The topological polar surface area (TPSA) is 50.2 Å². The highest BCUT2D eigenvalue weighted by Crippen LogP contribution is 2.27. The van der Waals surface area contributed by atoms with Crippen LogP contribution in [0.4, 0.5) is 0 Å². The largest absolute Gasteiger partial charge is 0.481 e. The van der Waals surface area contributed by atoms with Crippen LogP contribution in [0.15, 0.2) is 54.7 Å². The normalized spacial score (nSPS) is 13.8.